The molecule has 0 aliphatic carbocycles. The maximum atomic E-state index is 8.43. The van der Waals surface area contributed by atoms with Crippen molar-refractivity contribution >= 4 is 5.82 Å². The number of likely N-dealkylation sites (tertiary alicyclic amines) is 1. The Morgan fingerprint density at radius 1 is 1.53 bits per heavy atom. The van der Waals surface area contributed by atoms with Crippen LogP contribution in [-0.4, -0.2) is 41.8 Å². The number of aromatic nitrogens is 2. The molecule has 2 rings (SSSR count). The zero-order chi connectivity index (χ0) is 12.1. The van der Waals surface area contributed by atoms with Gasteiger partial charge in [-0.1, -0.05) is 0 Å². The van der Waals surface area contributed by atoms with Gasteiger partial charge in [-0.05, 0) is 32.1 Å². The molecule has 1 N–H and O–H groups in total. The number of nitriles is 1. The van der Waals surface area contributed by atoms with Crippen LogP contribution in [0.4, 0.5) is 5.82 Å². The molecule has 1 aliphatic heterocycles. The topological polar surface area (TPSA) is 64.8 Å². The third-order valence-electron chi connectivity index (χ3n) is 3.04. The lowest BCUT2D eigenvalue weighted by Crippen LogP contribution is -2.14. The van der Waals surface area contributed by atoms with Gasteiger partial charge in [0.15, 0.2) is 0 Å². The van der Waals surface area contributed by atoms with Crippen LogP contribution in [0, 0.1) is 11.3 Å². The molecule has 0 amide bonds. The van der Waals surface area contributed by atoms with Gasteiger partial charge in [0, 0.05) is 19.0 Å². The Morgan fingerprint density at radius 3 is 3.00 bits per heavy atom. The van der Waals surface area contributed by atoms with Crippen molar-refractivity contribution in [2.45, 2.75) is 18.8 Å². The Hall–Kier alpha value is -1.67. The molecule has 17 heavy (non-hydrogen) atoms. The van der Waals surface area contributed by atoms with Crippen LogP contribution in [0.2, 0.25) is 0 Å². The van der Waals surface area contributed by atoms with E-state index in [0.29, 0.717) is 18.9 Å². The van der Waals surface area contributed by atoms with Crippen molar-refractivity contribution in [3.63, 3.8) is 0 Å². The fourth-order valence-electron chi connectivity index (χ4n) is 2.08. The molecule has 0 spiro atoms. The maximum absolute atomic E-state index is 8.43. The summed E-state index contributed by atoms with van der Waals surface area (Å²) >= 11 is 0. The molecule has 5 heteroatoms. The summed E-state index contributed by atoms with van der Waals surface area (Å²) in [6.45, 7) is 2.82. The van der Waals surface area contributed by atoms with E-state index in [-0.39, 0.29) is 0 Å². The Balaban J connectivity index is 1.91. The van der Waals surface area contributed by atoms with E-state index < -0.39 is 0 Å². The molecule has 1 atom stereocenters. The van der Waals surface area contributed by atoms with Crippen molar-refractivity contribution in [2.24, 2.45) is 0 Å². The minimum absolute atomic E-state index is 0.483. The Labute approximate surface area is 101 Å². The van der Waals surface area contributed by atoms with Gasteiger partial charge in [-0.3, -0.25) is 0 Å². The van der Waals surface area contributed by atoms with Crippen molar-refractivity contribution in [2.75, 3.05) is 32.0 Å². The highest BCUT2D eigenvalue weighted by molar-refractivity contribution is 5.33. The summed E-state index contributed by atoms with van der Waals surface area (Å²) in [4.78, 5) is 2.31. The zero-order valence-electron chi connectivity index (χ0n) is 10.1. The van der Waals surface area contributed by atoms with Crippen LogP contribution in [0.1, 0.15) is 24.5 Å². The molecule has 0 bridgehead atoms. The Morgan fingerprint density at radius 2 is 2.41 bits per heavy atom. The second kappa shape index (κ2) is 5.60. The first-order valence-electron chi connectivity index (χ1n) is 5.92. The molecule has 0 aromatic carbocycles. The van der Waals surface area contributed by atoms with Gasteiger partial charge in [0.05, 0.1) is 18.2 Å². The van der Waals surface area contributed by atoms with Gasteiger partial charge in [-0.2, -0.15) is 10.4 Å². The smallest absolute Gasteiger partial charge is 0.148 e. The van der Waals surface area contributed by atoms with Crippen molar-refractivity contribution < 1.29 is 0 Å². The first-order chi connectivity index (χ1) is 8.29. The highest BCUT2D eigenvalue weighted by Gasteiger charge is 2.22. The summed E-state index contributed by atoms with van der Waals surface area (Å²) in [5.41, 5.74) is 1.07. The van der Waals surface area contributed by atoms with Crippen LogP contribution in [-0.2, 0) is 0 Å². The summed E-state index contributed by atoms with van der Waals surface area (Å²) in [6, 6.07) is 6.06. The predicted molar refractivity (Wildman–Crippen MR) is 65.6 cm³/mol. The van der Waals surface area contributed by atoms with E-state index in [1.54, 1.807) is 0 Å². The van der Waals surface area contributed by atoms with Crippen LogP contribution in [0.15, 0.2) is 12.1 Å². The second-order valence-corrected chi connectivity index (χ2v) is 4.43. The largest absolute Gasteiger partial charge is 0.368 e. The normalized spacial score (nSPS) is 20.1. The van der Waals surface area contributed by atoms with Crippen molar-refractivity contribution in [3.05, 3.63) is 17.8 Å². The van der Waals surface area contributed by atoms with E-state index >= 15 is 0 Å². The molecule has 1 saturated heterocycles. The zero-order valence-corrected chi connectivity index (χ0v) is 10.1. The van der Waals surface area contributed by atoms with Crippen molar-refractivity contribution in [1.82, 2.24) is 15.1 Å². The molecule has 1 aromatic rings. The number of likely N-dealkylation sites (N-methyl/N-ethyl adjacent to an activating group) is 1. The molecule has 1 aromatic heterocycles. The van der Waals surface area contributed by atoms with Gasteiger partial charge < -0.3 is 10.2 Å². The number of hydrogen-bond acceptors (Lipinski definition) is 5. The van der Waals surface area contributed by atoms with E-state index in [9.17, 15) is 0 Å². The molecule has 90 valence electrons. The number of nitrogens with zero attached hydrogens (tertiary/aromatic N) is 4. The summed E-state index contributed by atoms with van der Waals surface area (Å²) in [5.74, 6) is 1.26. The molecule has 0 radical (unpaired) electrons. The molecule has 1 fully saturated rings. The summed E-state index contributed by atoms with van der Waals surface area (Å²) in [7, 11) is 2.13. The minimum atomic E-state index is 0.483. The Bertz CT molecular complexity index is 394. The molecule has 1 unspecified atom stereocenters. The summed E-state index contributed by atoms with van der Waals surface area (Å²) < 4.78 is 0. The fourth-order valence-corrected chi connectivity index (χ4v) is 2.08. The minimum Gasteiger partial charge on any atom is -0.368 e. The van der Waals surface area contributed by atoms with Crippen LogP contribution in [0.25, 0.3) is 0 Å². The van der Waals surface area contributed by atoms with Gasteiger partial charge >= 0.3 is 0 Å². The molecule has 0 saturated carbocycles. The van der Waals surface area contributed by atoms with E-state index in [1.165, 1.54) is 0 Å². The monoisotopic (exact) mass is 231 g/mol. The molecular weight excluding hydrogens is 214 g/mol. The van der Waals surface area contributed by atoms with E-state index in [2.05, 4.69) is 33.5 Å². The lowest BCUT2D eigenvalue weighted by Gasteiger charge is -2.09. The average Bonchev–Trinajstić information content (AvgIpc) is 2.77. The van der Waals surface area contributed by atoms with Gasteiger partial charge in [-0.15, -0.1) is 5.10 Å². The van der Waals surface area contributed by atoms with Crippen molar-refractivity contribution in [3.8, 4) is 6.07 Å². The molecular formula is C12H17N5. The third kappa shape index (κ3) is 3.14. The first-order valence-corrected chi connectivity index (χ1v) is 5.92. The van der Waals surface area contributed by atoms with E-state index in [4.69, 9.17) is 5.26 Å². The van der Waals surface area contributed by atoms with E-state index in [0.717, 1.165) is 31.0 Å². The summed E-state index contributed by atoms with van der Waals surface area (Å²) in [6.07, 6.45) is 1.64. The van der Waals surface area contributed by atoms with Gasteiger partial charge in [0.2, 0.25) is 0 Å². The highest BCUT2D eigenvalue weighted by Crippen LogP contribution is 2.24. The lowest BCUT2D eigenvalue weighted by molar-refractivity contribution is 0.410. The van der Waals surface area contributed by atoms with Gasteiger partial charge in [-0.25, -0.2) is 0 Å². The SMILES string of the molecule is CN1CCC(c2ccc(NCCC#N)nn2)C1. The van der Waals surface area contributed by atoms with Gasteiger partial charge in [0.25, 0.3) is 0 Å². The molecule has 1 aliphatic rings. The highest BCUT2D eigenvalue weighted by atomic mass is 15.2. The number of hydrogen-bond donors (Lipinski definition) is 1. The van der Waals surface area contributed by atoms with Crippen LogP contribution in [0.5, 0.6) is 0 Å². The van der Waals surface area contributed by atoms with E-state index in [1.807, 2.05) is 12.1 Å². The van der Waals surface area contributed by atoms with Crippen molar-refractivity contribution in [1.29, 1.82) is 5.26 Å². The molecule has 5 nitrogen and oxygen atoms in total. The Kier molecular flexibility index (Phi) is 3.89. The van der Waals surface area contributed by atoms with Crippen LogP contribution < -0.4 is 5.32 Å². The fraction of sp³-hybridized carbons (Fsp3) is 0.583. The lowest BCUT2D eigenvalue weighted by atomic mass is 10.1. The predicted octanol–water partition coefficient (Wildman–Crippen LogP) is 1.22. The summed E-state index contributed by atoms with van der Waals surface area (Å²) in [5, 5.41) is 19.9. The number of rotatable bonds is 4. The maximum Gasteiger partial charge on any atom is 0.148 e. The quantitative estimate of drug-likeness (QED) is 0.789. The van der Waals surface area contributed by atoms with Crippen LogP contribution >= 0.6 is 0 Å². The third-order valence-corrected chi connectivity index (χ3v) is 3.04. The van der Waals surface area contributed by atoms with Crippen LogP contribution in [0.3, 0.4) is 0 Å². The van der Waals surface area contributed by atoms with Gasteiger partial charge in [0.1, 0.15) is 5.82 Å². The number of nitrogens with one attached hydrogen (secondary N) is 1. The second-order valence-electron chi connectivity index (χ2n) is 4.43. The standard InChI is InChI=1S/C12H17N5/c1-17-8-5-10(9-17)11-3-4-12(16-15-11)14-7-2-6-13/h3-4,10H,2,5,7-9H2,1H3,(H,14,16). The average molecular weight is 231 g/mol. The molecule has 2 heterocycles. The first kappa shape index (κ1) is 11.8. The number of anilines is 1.